The van der Waals surface area contributed by atoms with Crippen LogP contribution in [0, 0.1) is 11.7 Å². The number of halogens is 1. The highest BCUT2D eigenvalue weighted by molar-refractivity contribution is 7.88. The van der Waals surface area contributed by atoms with Crippen LogP contribution in [0.25, 0.3) is 0 Å². The maximum absolute atomic E-state index is 13.1. The van der Waals surface area contributed by atoms with Crippen LogP contribution in [-0.2, 0) is 23.0 Å². The maximum Gasteiger partial charge on any atom is 0.211 e. The first kappa shape index (κ1) is 22.9. The first-order chi connectivity index (χ1) is 15.3. The molecule has 2 aromatic rings. The van der Waals surface area contributed by atoms with Crippen LogP contribution in [0.3, 0.4) is 0 Å². The molecule has 1 aromatic heterocycles. The van der Waals surface area contributed by atoms with Crippen molar-refractivity contribution in [3.63, 3.8) is 0 Å². The number of ketones is 1. The minimum atomic E-state index is -3.19. The maximum atomic E-state index is 13.1. The van der Waals surface area contributed by atoms with Crippen molar-refractivity contribution in [2.45, 2.75) is 45.1 Å². The number of nitrogens with zero attached hydrogens (tertiary/aromatic N) is 3. The molecule has 1 saturated heterocycles. The Balaban J connectivity index is 1.23. The quantitative estimate of drug-likeness (QED) is 0.589. The Labute approximate surface area is 189 Å². The number of hydrogen-bond acceptors (Lipinski definition) is 5. The second-order valence-corrected chi connectivity index (χ2v) is 10.9. The molecule has 0 radical (unpaired) electrons. The van der Waals surface area contributed by atoms with Crippen molar-refractivity contribution in [3.8, 4) is 0 Å². The highest BCUT2D eigenvalue weighted by atomic mass is 32.2. The van der Waals surface area contributed by atoms with Crippen LogP contribution < -0.4 is 4.90 Å². The van der Waals surface area contributed by atoms with Crippen LogP contribution >= 0.6 is 0 Å². The lowest BCUT2D eigenvalue weighted by Crippen LogP contribution is -2.35. The van der Waals surface area contributed by atoms with Crippen LogP contribution in [0.15, 0.2) is 36.5 Å². The van der Waals surface area contributed by atoms with E-state index in [1.54, 1.807) is 6.07 Å². The zero-order chi connectivity index (χ0) is 22.7. The smallest absolute Gasteiger partial charge is 0.211 e. The van der Waals surface area contributed by atoms with Crippen molar-refractivity contribution in [2.24, 2.45) is 5.92 Å². The van der Waals surface area contributed by atoms with E-state index in [4.69, 9.17) is 0 Å². The number of hydrogen-bond donors (Lipinski definition) is 0. The molecule has 0 unspecified atom stereocenters. The summed E-state index contributed by atoms with van der Waals surface area (Å²) in [5, 5.41) is 0. The van der Waals surface area contributed by atoms with Crippen molar-refractivity contribution in [3.05, 3.63) is 59.0 Å². The molecule has 0 saturated carbocycles. The summed E-state index contributed by atoms with van der Waals surface area (Å²) in [5.41, 5.74) is 2.80. The fourth-order valence-electron chi connectivity index (χ4n) is 4.69. The Morgan fingerprint density at radius 1 is 1.12 bits per heavy atom. The topological polar surface area (TPSA) is 70.6 Å². The van der Waals surface area contributed by atoms with Crippen molar-refractivity contribution in [2.75, 3.05) is 30.8 Å². The molecule has 0 atom stereocenters. The van der Waals surface area contributed by atoms with Crippen LogP contribution in [0.1, 0.15) is 53.6 Å². The number of Topliss-reactive ketones (excluding diaryl/α,β-unsaturated/α-hetero) is 1. The van der Waals surface area contributed by atoms with E-state index in [-0.39, 0.29) is 11.6 Å². The van der Waals surface area contributed by atoms with Gasteiger partial charge in [-0.05, 0) is 67.3 Å². The third kappa shape index (κ3) is 5.53. The monoisotopic (exact) mass is 459 g/mol. The largest absolute Gasteiger partial charge is 0.357 e. The van der Waals surface area contributed by atoms with Gasteiger partial charge in [-0.25, -0.2) is 17.8 Å². The number of aromatic nitrogens is 1. The third-order valence-corrected chi connectivity index (χ3v) is 7.89. The number of fused-ring (bicyclic) bond motifs is 1. The van der Waals surface area contributed by atoms with E-state index in [0.29, 0.717) is 31.8 Å². The van der Waals surface area contributed by atoms with Gasteiger partial charge in [0.05, 0.1) is 12.5 Å². The number of rotatable bonds is 7. The van der Waals surface area contributed by atoms with Gasteiger partial charge in [0.25, 0.3) is 0 Å². The number of benzene rings is 1. The molecule has 4 rings (SSSR count). The molecule has 0 spiro atoms. The Morgan fingerprint density at radius 3 is 2.59 bits per heavy atom. The summed E-state index contributed by atoms with van der Waals surface area (Å²) in [5.74, 6) is 1.27. The third-order valence-electron chi connectivity index (χ3n) is 6.64. The summed E-state index contributed by atoms with van der Waals surface area (Å²) in [4.78, 5) is 19.1. The van der Waals surface area contributed by atoms with Crippen molar-refractivity contribution < 1.29 is 17.6 Å². The van der Waals surface area contributed by atoms with Gasteiger partial charge in [0.15, 0.2) is 5.78 Å². The summed E-state index contributed by atoms with van der Waals surface area (Å²) in [7, 11) is -3.19. The Bertz CT molecular complexity index is 1060. The van der Waals surface area contributed by atoms with Gasteiger partial charge in [0.1, 0.15) is 11.6 Å². The van der Waals surface area contributed by atoms with E-state index in [1.807, 2.05) is 18.2 Å². The van der Waals surface area contributed by atoms with Crippen LogP contribution in [0.2, 0.25) is 0 Å². The van der Waals surface area contributed by atoms with E-state index < -0.39 is 10.0 Å². The zero-order valence-electron chi connectivity index (χ0n) is 18.5. The van der Waals surface area contributed by atoms with Crippen molar-refractivity contribution in [1.29, 1.82) is 0 Å². The first-order valence-corrected chi connectivity index (χ1v) is 13.1. The van der Waals surface area contributed by atoms with Gasteiger partial charge in [-0.3, -0.25) is 4.79 Å². The number of sulfonamides is 1. The second kappa shape index (κ2) is 9.67. The first-order valence-electron chi connectivity index (χ1n) is 11.3. The van der Waals surface area contributed by atoms with Gasteiger partial charge >= 0.3 is 0 Å². The molecule has 3 heterocycles. The van der Waals surface area contributed by atoms with E-state index >= 15 is 0 Å². The van der Waals surface area contributed by atoms with Crippen molar-refractivity contribution in [1.82, 2.24) is 9.29 Å². The fraction of sp³-hybridized carbons (Fsp3) is 0.500. The Kier molecular flexibility index (Phi) is 6.90. The molecule has 1 fully saturated rings. The zero-order valence-corrected chi connectivity index (χ0v) is 19.3. The van der Waals surface area contributed by atoms with Gasteiger partial charge in [-0.2, -0.15) is 4.31 Å². The number of pyridine rings is 1. The average Bonchev–Trinajstić information content (AvgIpc) is 2.79. The lowest BCUT2D eigenvalue weighted by atomic mass is 9.90. The lowest BCUT2D eigenvalue weighted by Gasteiger charge is -2.32. The minimum absolute atomic E-state index is 0.159. The normalized spacial score (nSPS) is 17.9. The summed E-state index contributed by atoms with van der Waals surface area (Å²) >= 11 is 0. The molecule has 0 N–H and O–H groups in total. The number of carbonyl (C=O) groups is 1. The van der Waals surface area contributed by atoms with Gasteiger partial charge in [0.2, 0.25) is 10.0 Å². The lowest BCUT2D eigenvalue weighted by molar-refractivity contribution is 0.0977. The molecular formula is C24H30FN3O3S. The van der Waals surface area contributed by atoms with E-state index in [1.165, 1.54) is 22.8 Å². The molecule has 6 nitrogen and oxygen atoms in total. The summed E-state index contributed by atoms with van der Waals surface area (Å²) in [6.07, 6.45) is 7.70. The molecule has 2 aliphatic heterocycles. The molecule has 8 heteroatoms. The molecular weight excluding hydrogens is 429 g/mol. The molecule has 32 heavy (non-hydrogen) atoms. The number of anilines is 1. The van der Waals surface area contributed by atoms with Gasteiger partial charge in [0, 0.05) is 38.2 Å². The Morgan fingerprint density at radius 2 is 1.91 bits per heavy atom. The van der Waals surface area contributed by atoms with Gasteiger partial charge in [-0.15, -0.1) is 0 Å². The molecule has 172 valence electrons. The Hall–Kier alpha value is -2.32. The fourth-order valence-corrected chi connectivity index (χ4v) is 5.48. The summed E-state index contributed by atoms with van der Waals surface area (Å²) < 4.78 is 38.1. The standard InChI is InChI=1S/C24H30FN3O3S/c1-32(30,31)28-14-11-19-15-20(5-6-21(19)17-28)23(29)4-2-3-18-9-12-27(13-10-18)24-8-7-22(25)16-26-24/h5-8,15-16,18H,2-4,9-14,17H2,1H3. The highest BCUT2D eigenvalue weighted by Gasteiger charge is 2.24. The SMILES string of the molecule is CS(=O)(=O)N1CCc2cc(C(=O)CCCC3CCN(c4ccc(F)cn4)CC3)ccc2C1. The molecule has 0 aliphatic carbocycles. The molecule has 0 amide bonds. The van der Waals surface area contributed by atoms with Crippen LogP contribution in [-0.4, -0.2) is 49.4 Å². The predicted molar refractivity (Wildman–Crippen MR) is 123 cm³/mol. The minimum Gasteiger partial charge on any atom is -0.357 e. The number of carbonyl (C=O) groups excluding carboxylic acids is 1. The summed E-state index contributed by atoms with van der Waals surface area (Å²) in [6.45, 7) is 2.67. The second-order valence-electron chi connectivity index (χ2n) is 8.91. The van der Waals surface area contributed by atoms with Crippen LogP contribution in [0.5, 0.6) is 0 Å². The number of piperidine rings is 1. The van der Waals surface area contributed by atoms with E-state index in [2.05, 4.69) is 9.88 Å². The van der Waals surface area contributed by atoms with Gasteiger partial charge < -0.3 is 4.90 Å². The van der Waals surface area contributed by atoms with Crippen LogP contribution in [0.4, 0.5) is 10.2 Å². The molecule has 2 aliphatic rings. The average molecular weight is 460 g/mol. The van der Waals surface area contributed by atoms with Gasteiger partial charge in [-0.1, -0.05) is 12.1 Å². The van der Waals surface area contributed by atoms with Crippen molar-refractivity contribution >= 4 is 21.6 Å². The summed E-state index contributed by atoms with van der Waals surface area (Å²) in [6, 6.07) is 8.86. The predicted octanol–water partition coefficient (Wildman–Crippen LogP) is 3.81. The molecule has 0 bridgehead atoms. The van der Waals surface area contributed by atoms with E-state index in [0.717, 1.165) is 61.3 Å². The highest BCUT2D eigenvalue weighted by Crippen LogP contribution is 2.27. The van der Waals surface area contributed by atoms with E-state index in [9.17, 15) is 17.6 Å². The molecule has 1 aromatic carbocycles.